The highest BCUT2D eigenvalue weighted by atomic mass is 32.1. The van der Waals surface area contributed by atoms with Gasteiger partial charge in [-0.05, 0) is 41.9 Å². The molecule has 0 aromatic heterocycles. The highest BCUT2D eigenvalue weighted by Gasteiger charge is 2.02. The molecule has 2 nitrogen and oxygen atoms in total. The molecule has 2 aromatic carbocycles. The lowest BCUT2D eigenvalue weighted by Gasteiger charge is -2.13. The van der Waals surface area contributed by atoms with Gasteiger partial charge in [-0.15, -0.1) is 12.6 Å². The van der Waals surface area contributed by atoms with E-state index in [0.29, 0.717) is 11.7 Å². The molecular weight excluding hydrogens is 284 g/mol. The summed E-state index contributed by atoms with van der Waals surface area (Å²) in [6.07, 6.45) is 1.00. The van der Waals surface area contributed by atoms with Crippen LogP contribution in [0.4, 0.5) is 5.69 Å². The maximum Gasteiger partial charge on any atom is 0.171 e. The van der Waals surface area contributed by atoms with E-state index in [2.05, 4.69) is 54.5 Å². The van der Waals surface area contributed by atoms with Gasteiger partial charge in [0.25, 0.3) is 0 Å². The van der Waals surface area contributed by atoms with Crippen LogP contribution in [0, 0.1) is 0 Å². The first-order valence-corrected chi connectivity index (χ1v) is 7.45. The van der Waals surface area contributed by atoms with Gasteiger partial charge in [-0.3, -0.25) is 0 Å². The summed E-state index contributed by atoms with van der Waals surface area (Å²) in [6, 6.07) is 16.3. The van der Waals surface area contributed by atoms with Crippen LogP contribution in [0.2, 0.25) is 0 Å². The Labute approximate surface area is 131 Å². The van der Waals surface area contributed by atoms with Gasteiger partial charge in [-0.25, -0.2) is 0 Å². The number of hydrogen-bond acceptors (Lipinski definition) is 2. The van der Waals surface area contributed by atoms with Crippen molar-refractivity contribution >= 4 is 35.6 Å². The second kappa shape index (κ2) is 7.31. The van der Waals surface area contributed by atoms with E-state index in [9.17, 15) is 0 Å². The number of aryl methyl sites for hydroxylation is 1. The minimum absolute atomic E-state index is 0.605. The molecule has 104 valence electrons. The monoisotopic (exact) mass is 302 g/mol. The van der Waals surface area contributed by atoms with Crippen molar-refractivity contribution in [3.05, 3.63) is 59.7 Å². The molecular formula is C16H18N2S2. The van der Waals surface area contributed by atoms with Crippen LogP contribution in [0.15, 0.2) is 53.4 Å². The van der Waals surface area contributed by atoms with Crippen molar-refractivity contribution in [2.75, 3.05) is 5.32 Å². The third kappa shape index (κ3) is 4.25. The molecule has 2 N–H and O–H groups in total. The highest BCUT2D eigenvalue weighted by Crippen LogP contribution is 2.21. The van der Waals surface area contributed by atoms with Crippen LogP contribution >= 0.6 is 24.8 Å². The smallest absolute Gasteiger partial charge is 0.171 e. The van der Waals surface area contributed by atoms with Gasteiger partial charge >= 0.3 is 0 Å². The molecule has 0 atom stereocenters. The second-order valence-corrected chi connectivity index (χ2v) is 5.39. The molecule has 0 heterocycles. The molecule has 0 aliphatic carbocycles. The Hall–Kier alpha value is -1.52. The summed E-state index contributed by atoms with van der Waals surface area (Å²) in [4.78, 5) is 0.910. The molecule has 0 aliphatic rings. The predicted molar refractivity (Wildman–Crippen MR) is 92.6 cm³/mol. The maximum absolute atomic E-state index is 5.30. The molecule has 0 bridgehead atoms. The molecule has 0 aliphatic heterocycles. The molecule has 0 spiro atoms. The van der Waals surface area contributed by atoms with E-state index in [1.807, 2.05) is 24.3 Å². The predicted octanol–water partition coefficient (Wildman–Crippen LogP) is 4.02. The molecule has 2 aromatic rings. The Morgan fingerprint density at radius 2 is 1.85 bits per heavy atom. The van der Waals surface area contributed by atoms with Crippen LogP contribution in [0.3, 0.4) is 0 Å². The third-order valence-electron chi connectivity index (χ3n) is 3.01. The number of nitrogens with one attached hydrogen (secondary N) is 2. The average molecular weight is 302 g/mol. The van der Waals surface area contributed by atoms with Crippen LogP contribution in [0.5, 0.6) is 0 Å². The lowest BCUT2D eigenvalue weighted by molar-refractivity contribution is 0.925. The van der Waals surface area contributed by atoms with Gasteiger partial charge in [0.05, 0.1) is 5.69 Å². The van der Waals surface area contributed by atoms with Crippen molar-refractivity contribution in [2.45, 2.75) is 24.8 Å². The van der Waals surface area contributed by atoms with Gasteiger partial charge in [0.2, 0.25) is 0 Å². The van der Waals surface area contributed by atoms with Gasteiger partial charge in [0, 0.05) is 11.4 Å². The Balaban J connectivity index is 1.91. The zero-order chi connectivity index (χ0) is 14.4. The van der Waals surface area contributed by atoms with E-state index in [4.69, 9.17) is 12.2 Å². The summed E-state index contributed by atoms with van der Waals surface area (Å²) in [5, 5.41) is 6.97. The van der Waals surface area contributed by atoms with Crippen LogP contribution in [0.1, 0.15) is 18.1 Å². The minimum atomic E-state index is 0.605. The second-order valence-electron chi connectivity index (χ2n) is 4.50. The van der Waals surface area contributed by atoms with Gasteiger partial charge in [0.1, 0.15) is 0 Å². The van der Waals surface area contributed by atoms with Gasteiger partial charge < -0.3 is 10.6 Å². The Morgan fingerprint density at radius 1 is 1.10 bits per heavy atom. The van der Waals surface area contributed by atoms with Crippen molar-refractivity contribution in [1.82, 2.24) is 5.32 Å². The number of thiol groups is 1. The fourth-order valence-electron chi connectivity index (χ4n) is 1.85. The van der Waals surface area contributed by atoms with E-state index >= 15 is 0 Å². The Bertz CT molecular complexity index is 582. The van der Waals surface area contributed by atoms with Crippen molar-refractivity contribution in [3.63, 3.8) is 0 Å². The van der Waals surface area contributed by atoms with Crippen LogP contribution < -0.4 is 10.6 Å². The Morgan fingerprint density at radius 3 is 2.50 bits per heavy atom. The van der Waals surface area contributed by atoms with Gasteiger partial charge in [-0.2, -0.15) is 0 Å². The number of thiocarbonyl (C=S) groups is 1. The standard InChI is InChI=1S/C16H18N2S2/c1-2-12-8-9-14(15(19)10-12)18-16(20)17-11-13-6-4-3-5-7-13/h3-10,19H,2,11H2,1H3,(H2,17,18,20). The van der Waals surface area contributed by atoms with Crippen LogP contribution in [-0.4, -0.2) is 5.11 Å². The van der Waals surface area contributed by atoms with E-state index in [0.717, 1.165) is 17.0 Å². The quantitative estimate of drug-likeness (QED) is 0.587. The van der Waals surface area contributed by atoms with Gasteiger partial charge in [-0.1, -0.05) is 43.3 Å². The van der Waals surface area contributed by atoms with Crippen molar-refractivity contribution < 1.29 is 0 Å². The highest BCUT2D eigenvalue weighted by molar-refractivity contribution is 7.81. The van der Waals surface area contributed by atoms with E-state index < -0.39 is 0 Å². The first-order valence-electron chi connectivity index (χ1n) is 6.59. The SMILES string of the molecule is CCc1ccc(NC(=S)NCc2ccccc2)c(S)c1. The number of benzene rings is 2. The molecule has 4 heteroatoms. The van der Waals surface area contributed by atoms with Crippen LogP contribution in [-0.2, 0) is 13.0 Å². The van der Waals surface area contributed by atoms with Crippen molar-refractivity contribution in [2.24, 2.45) is 0 Å². The average Bonchev–Trinajstić information content (AvgIpc) is 2.48. The molecule has 0 saturated carbocycles. The molecule has 2 rings (SSSR count). The molecule has 0 unspecified atom stereocenters. The molecule has 0 amide bonds. The van der Waals surface area contributed by atoms with E-state index in [-0.39, 0.29) is 0 Å². The van der Waals surface area contributed by atoms with Crippen LogP contribution in [0.25, 0.3) is 0 Å². The molecule has 0 fully saturated rings. The number of hydrogen-bond donors (Lipinski definition) is 3. The molecule has 0 radical (unpaired) electrons. The fourth-order valence-corrected chi connectivity index (χ4v) is 2.33. The molecule has 20 heavy (non-hydrogen) atoms. The molecule has 0 saturated heterocycles. The lowest BCUT2D eigenvalue weighted by atomic mass is 10.1. The normalized spacial score (nSPS) is 10.1. The topological polar surface area (TPSA) is 24.1 Å². The summed E-state index contributed by atoms with van der Waals surface area (Å²) in [5.74, 6) is 0. The number of rotatable bonds is 4. The summed E-state index contributed by atoms with van der Waals surface area (Å²) in [7, 11) is 0. The summed E-state index contributed by atoms with van der Waals surface area (Å²) in [6.45, 7) is 2.84. The largest absolute Gasteiger partial charge is 0.358 e. The zero-order valence-electron chi connectivity index (χ0n) is 11.4. The summed E-state index contributed by atoms with van der Waals surface area (Å²) >= 11 is 9.78. The first kappa shape index (κ1) is 14.9. The minimum Gasteiger partial charge on any atom is -0.358 e. The number of anilines is 1. The lowest BCUT2D eigenvalue weighted by Crippen LogP contribution is -2.28. The van der Waals surface area contributed by atoms with Crippen molar-refractivity contribution in [3.8, 4) is 0 Å². The summed E-state index contributed by atoms with van der Waals surface area (Å²) in [5.41, 5.74) is 3.39. The fraction of sp³-hybridized carbons (Fsp3) is 0.188. The Kier molecular flexibility index (Phi) is 5.44. The first-order chi connectivity index (χ1) is 9.69. The van der Waals surface area contributed by atoms with E-state index in [1.165, 1.54) is 11.1 Å². The van der Waals surface area contributed by atoms with E-state index in [1.54, 1.807) is 0 Å². The third-order valence-corrected chi connectivity index (χ3v) is 3.63. The zero-order valence-corrected chi connectivity index (χ0v) is 13.1. The van der Waals surface area contributed by atoms with Gasteiger partial charge in [0.15, 0.2) is 5.11 Å². The van der Waals surface area contributed by atoms with Crippen molar-refractivity contribution in [1.29, 1.82) is 0 Å². The summed E-state index contributed by atoms with van der Waals surface area (Å²) < 4.78 is 0. The maximum atomic E-state index is 5.30.